The minimum absolute atomic E-state index is 0.622. The molecule has 0 bridgehead atoms. The first-order valence-electron chi connectivity index (χ1n) is 8.75. The Morgan fingerprint density at radius 3 is 3.00 bits per heavy atom. The van der Waals surface area contributed by atoms with Crippen LogP contribution in [0.25, 0.3) is 10.8 Å². The molecular weight excluding hydrogens is 296 g/mol. The third kappa shape index (κ3) is 2.57. The number of hydrogen-bond acceptors (Lipinski definition) is 4. The van der Waals surface area contributed by atoms with Crippen LogP contribution in [0.4, 0.5) is 0 Å². The fourth-order valence-electron chi connectivity index (χ4n) is 3.61. The zero-order valence-electron chi connectivity index (χ0n) is 13.7. The highest BCUT2D eigenvalue weighted by Gasteiger charge is 2.28. The Labute approximate surface area is 141 Å². The van der Waals surface area contributed by atoms with Crippen LogP contribution in [0.2, 0.25) is 0 Å². The van der Waals surface area contributed by atoms with E-state index in [-0.39, 0.29) is 0 Å². The van der Waals surface area contributed by atoms with Crippen molar-refractivity contribution in [3.05, 3.63) is 65.5 Å². The lowest BCUT2D eigenvalue weighted by molar-refractivity contribution is 0.241. The molecule has 4 nitrogen and oxygen atoms in total. The van der Waals surface area contributed by atoms with E-state index in [1.165, 1.54) is 40.4 Å². The van der Waals surface area contributed by atoms with Gasteiger partial charge in [-0.2, -0.15) is 0 Å². The van der Waals surface area contributed by atoms with Gasteiger partial charge in [-0.1, -0.05) is 18.2 Å². The lowest BCUT2D eigenvalue weighted by Crippen LogP contribution is -2.31. The molecule has 0 atom stereocenters. The number of nitrogens with zero attached hydrogens (tertiary/aromatic N) is 4. The maximum Gasteiger partial charge on any atom is 0.131 e. The SMILES string of the molecule is c1cc(CN2CCc3cnc(C4CC4)nc3C2)c2ccncc2c1. The van der Waals surface area contributed by atoms with Crippen LogP contribution in [0.5, 0.6) is 0 Å². The third-order valence-corrected chi connectivity index (χ3v) is 5.15. The van der Waals surface area contributed by atoms with E-state index < -0.39 is 0 Å². The monoisotopic (exact) mass is 316 g/mol. The molecule has 0 unspecified atom stereocenters. The Morgan fingerprint density at radius 1 is 1.12 bits per heavy atom. The molecule has 0 N–H and O–H groups in total. The van der Waals surface area contributed by atoms with Gasteiger partial charge >= 0.3 is 0 Å². The van der Waals surface area contributed by atoms with Crippen LogP contribution < -0.4 is 0 Å². The van der Waals surface area contributed by atoms with Gasteiger partial charge in [0.05, 0.1) is 5.69 Å². The maximum absolute atomic E-state index is 4.87. The number of hydrogen-bond donors (Lipinski definition) is 0. The highest BCUT2D eigenvalue weighted by molar-refractivity contribution is 5.84. The summed E-state index contributed by atoms with van der Waals surface area (Å²) in [6, 6.07) is 8.61. The second-order valence-corrected chi connectivity index (χ2v) is 6.95. The second kappa shape index (κ2) is 5.64. The van der Waals surface area contributed by atoms with Crippen LogP contribution in [0, 0.1) is 0 Å². The van der Waals surface area contributed by atoms with Crippen molar-refractivity contribution in [2.24, 2.45) is 0 Å². The van der Waals surface area contributed by atoms with Crippen LogP contribution in [-0.4, -0.2) is 26.4 Å². The van der Waals surface area contributed by atoms with Crippen molar-refractivity contribution in [1.29, 1.82) is 0 Å². The Hall–Kier alpha value is -2.33. The molecule has 0 radical (unpaired) electrons. The number of benzene rings is 1. The van der Waals surface area contributed by atoms with Gasteiger partial charge in [0, 0.05) is 49.5 Å². The van der Waals surface area contributed by atoms with E-state index in [0.29, 0.717) is 5.92 Å². The predicted octanol–water partition coefficient (Wildman–Crippen LogP) is 3.46. The normalized spacial score (nSPS) is 17.8. The molecule has 3 heterocycles. The van der Waals surface area contributed by atoms with Crippen molar-refractivity contribution < 1.29 is 0 Å². The molecule has 1 aliphatic carbocycles. The number of fused-ring (bicyclic) bond motifs is 2. The molecule has 1 aliphatic heterocycles. The first kappa shape index (κ1) is 14.1. The molecule has 1 fully saturated rings. The van der Waals surface area contributed by atoms with Gasteiger partial charge in [-0.25, -0.2) is 9.97 Å². The van der Waals surface area contributed by atoms with Crippen molar-refractivity contribution in [3.8, 4) is 0 Å². The molecule has 4 heteroatoms. The molecule has 2 aliphatic rings. The van der Waals surface area contributed by atoms with Crippen LogP contribution >= 0.6 is 0 Å². The van der Waals surface area contributed by atoms with E-state index >= 15 is 0 Å². The summed E-state index contributed by atoms with van der Waals surface area (Å²) < 4.78 is 0. The van der Waals surface area contributed by atoms with Crippen LogP contribution in [0.1, 0.15) is 41.4 Å². The second-order valence-electron chi connectivity index (χ2n) is 6.95. The largest absolute Gasteiger partial charge is 0.293 e. The Bertz CT molecular complexity index is 896. The fourth-order valence-corrected chi connectivity index (χ4v) is 3.61. The van der Waals surface area contributed by atoms with Crippen LogP contribution in [0.3, 0.4) is 0 Å². The van der Waals surface area contributed by atoms with Gasteiger partial charge in [0.25, 0.3) is 0 Å². The molecule has 2 aromatic heterocycles. The summed E-state index contributed by atoms with van der Waals surface area (Å²) in [5.74, 6) is 1.68. The van der Waals surface area contributed by atoms with Gasteiger partial charge in [0.15, 0.2) is 0 Å². The number of aromatic nitrogens is 3. The fraction of sp³-hybridized carbons (Fsp3) is 0.350. The van der Waals surface area contributed by atoms with Crippen molar-refractivity contribution >= 4 is 10.8 Å². The van der Waals surface area contributed by atoms with Crippen LogP contribution in [-0.2, 0) is 19.5 Å². The summed E-state index contributed by atoms with van der Waals surface area (Å²) in [6.45, 7) is 2.96. The average Bonchev–Trinajstić information content (AvgIpc) is 3.47. The predicted molar refractivity (Wildman–Crippen MR) is 93.6 cm³/mol. The van der Waals surface area contributed by atoms with E-state index in [0.717, 1.165) is 31.9 Å². The van der Waals surface area contributed by atoms with E-state index in [4.69, 9.17) is 4.98 Å². The molecule has 24 heavy (non-hydrogen) atoms. The molecule has 1 aromatic carbocycles. The summed E-state index contributed by atoms with van der Waals surface area (Å²) in [5.41, 5.74) is 3.94. The number of pyridine rings is 1. The Morgan fingerprint density at radius 2 is 2.08 bits per heavy atom. The molecular formula is C20H20N4. The summed E-state index contributed by atoms with van der Waals surface area (Å²) in [5, 5.41) is 2.52. The Kier molecular flexibility index (Phi) is 3.30. The van der Waals surface area contributed by atoms with Gasteiger partial charge < -0.3 is 0 Å². The van der Waals surface area contributed by atoms with E-state index in [9.17, 15) is 0 Å². The van der Waals surface area contributed by atoms with E-state index in [2.05, 4.69) is 45.3 Å². The highest BCUT2D eigenvalue weighted by Crippen LogP contribution is 2.38. The first-order valence-corrected chi connectivity index (χ1v) is 8.75. The van der Waals surface area contributed by atoms with Crippen molar-refractivity contribution in [3.63, 3.8) is 0 Å². The molecule has 3 aromatic rings. The first-order chi connectivity index (χ1) is 11.9. The summed E-state index contributed by atoms with van der Waals surface area (Å²) in [7, 11) is 0. The average molecular weight is 316 g/mol. The van der Waals surface area contributed by atoms with Gasteiger partial charge in [0.1, 0.15) is 5.82 Å². The van der Waals surface area contributed by atoms with Gasteiger partial charge in [-0.15, -0.1) is 0 Å². The standard InChI is InChI=1S/C20H20N4/c1-2-15-10-21-8-6-18(15)17(3-1)12-24-9-7-16-11-22-20(14-4-5-14)23-19(16)13-24/h1-3,6,8,10-11,14H,4-5,7,9,12-13H2. The third-order valence-electron chi connectivity index (χ3n) is 5.15. The zero-order chi connectivity index (χ0) is 15.9. The molecule has 5 rings (SSSR count). The quantitative estimate of drug-likeness (QED) is 0.742. The topological polar surface area (TPSA) is 41.9 Å². The summed E-state index contributed by atoms with van der Waals surface area (Å²) >= 11 is 0. The molecule has 0 amide bonds. The summed E-state index contributed by atoms with van der Waals surface area (Å²) in [6.07, 6.45) is 9.45. The van der Waals surface area contributed by atoms with Gasteiger partial charge in [-0.3, -0.25) is 9.88 Å². The zero-order valence-corrected chi connectivity index (χ0v) is 13.7. The van der Waals surface area contributed by atoms with E-state index in [1.54, 1.807) is 0 Å². The van der Waals surface area contributed by atoms with Crippen molar-refractivity contribution in [1.82, 2.24) is 19.9 Å². The summed E-state index contributed by atoms with van der Waals surface area (Å²) in [4.78, 5) is 16.2. The maximum atomic E-state index is 4.87. The van der Waals surface area contributed by atoms with Gasteiger partial charge in [-0.05, 0) is 41.8 Å². The smallest absolute Gasteiger partial charge is 0.131 e. The van der Waals surface area contributed by atoms with E-state index in [1.807, 2.05) is 12.4 Å². The number of rotatable bonds is 3. The minimum atomic E-state index is 0.622. The highest BCUT2D eigenvalue weighted by atomic mass is 15.1. The lowest BCUT2D eigenvalue weighted by atomic mass is 10.0. The van der Waals surface area contributed by atoms with Crippen molar-refractivity contribution in [2.45, 2.75) is 38.3 Å². The molecule has 0 spiro atoms. The van der Waals surface area contributed by atoms with Crippen molar-refractivity contribution in [2.75, 3.05) is 6.54 Å². The van der Waals surface area contributed by atoms with Gasteiger partial charge in [0.2, 0.25) is 0 Å². The lowest BCUT2D eigenvalue weighted by Gasteiger charge is -2.28. The molecule has 1 saturated carbocycles. The Balaban J connectivity index is 1.41. The molecule has 0 saturated heterocycles. The molecule has 120 valence electrons. The van der Waals surface area contributed by atoms with Crippen LogP contribution in [0.15, 0.2) is 42.9 Å². The minimum Gasteiger partial charge on any atom is -0.293 e.